The molecule has 0 radical (unpaired) electrons. The van der Waals surface area contributed by atoms with Gasteiger partial charge in [-0.1, -0.05) is 13.0 Å². The molecule has 0 aromatic carbocycles. The van der Waals surface area contributed by atoms with Gasteiger partial charge in [0.2, 0.25) is 5.95 Å². The zero-order valence-corrected chi connectivity index (χ0v) is 15.6. The Kier molecular flexibility index (Phi) is 4.62. The molecule has 2 aromatic rings. The lowest BCUT2D eigenvalue weighted by molar-refractivity contribution is 0.157. The third-order valence-corrected chi connectivity index (χ3v) is 6.96. The van der Waals surface area contributed by atoms with Crippen LogP contribution in [0.5, 0.6) is 0 Å². The van der Waals surface area contributed by atoms with Crippen molar-refractivity contribution in [2.45, 2.75) is 32.0 Å². The van der Waals surface area contributed by atoms with Crippen molar-refractivity contribution < 1.29 is 8.42 Å². The number of hydrogen-bond acceptors (Lipinski definition) is 7. The van der Waals surface area contributed by atoms with Crippen molar-refractivity contribution in [3.63, 3.8) is 0 Å². The first-order valence-electron chi connectivity index (χ1n) is 8.97. The Morgan fingerprint density at radius 3 is 2.54 bits per heavy atom. The molecule has 2 aliphatic heterocycles. The van der Waals surface area contributed by atoms with E-state index in [-0.39, 0.29) is 23.6 Å². The van der Waals surface area contributed by atoms with Gasteiger partial charge in [0, 0.05) is 44.3 Å². The van der Waals surface area contributed by atoms with Gasteiger partial charge in [-0.15, -0.1) is 0 Å². The normalized spacial score (nSPS) is 25.2. The van der Waals surface area contributed by atoms with Crippen LogP contribution in [0.3, 0.4) is 0 Å². The molecule has 0 bridgehead atoms. The lowest BCUT2D eigenvalue weighted by Crippen LogP contribution is -2.59. The molecule has 2 fully saturated rings. The Morgan fingerprint density at radius 2 is 1.85 bits per heavy atom. The molecule has 0 saturated carbocycles. The summed E-state index contributed by atoms with van der Waals surface area (Å²) < 4.78 is 24.7. The lowest BCUT2D eigenvalue weighted by Gasteiger charge is -2.43. The van der Waals surface area contributed by atoms with Crippen molar-refractivity contribution >= 4 is 15.8 Å². The summed E-state index contributed by atoms with van der Waals surface area (Å²) in [5.74, 6) is 0.965. The third kappa shape index (κ3) is 3.43. The van der Waals surface area contributed by atoms with E-state index in [1.54, 1.807) is 18.5 Å². The minimum atomic E-state index is -3.06. The van der Waals surface area contributed by atoms with Gasteiger partial charge in [-0.3, -0.25) is 9.88 Å². The van der Waals surface area contributed by atoms with Crippen LogP contribution in [0.4, 0.5) is 5.95 Å². The molecule has 2 aromatic heterocycles. The van der Waals surface area contributed by atoms with Gasteiger partial charge in [-0.2, -0.15) is 0 Å². The molecule has 4 heterocycles. The van der Waals surface area contributed by atoms with Crippen LogP contribution in [-0.2, 0) is 22.8 Å². The fourth-order valence-corrected chi connectivity index (χ4v) is 5.89. The molecule has 0 N–H and O–H groups in total. The monoisotopic (exact) mass is 373 g/mol. The van der Waals surface area contributed by atoms with Gasteiger partial charge in [0.05, 0.1) is 23.2 Å². The van der Waals surface area contributed by atoms with E-state index in [1.165, 1.54) is 5.56 Å². The van der Waals surface area contributed by atoms with Gasteiger partial charge >= 0.3 is 0 Å². The summed E-state index contributed by atoms with van der Waals surface area (Å²) in [4.78, 5) is 17.5. The molecular formula is C18H23N5O2S. The summed E-state index contributed by atoms with van der Waals surface area (Å²) in [5, 5.41) is 0. The van der Waals surface area contributed by atoms with Crippen molar-refractivity contribution in [1.82, 2.24) is 19.9 Å². The molecule has 7 nitrogen and oxygen atoms in total. The van der Waals surface area contributed by atoms with E-state index in [0.29, 0.717) is 19.0 Å². The summed E-state index contributed by atoms with van der Waals surface area (Å²) in [6.45, 7) is 4.26. The van der Waals surface area contributed by atoms with Crippen LogP contribution in [0.25, 0.3) is 0 Å². The molecule has 2 atom stereocenters. The predicted octanol–water partition coefficient (Wildman–Crippen LogP) is 0.922. The zero-order chi connectivity index (χ0) is 18.1. The average Bonchev–Trinajstić information content (AvgIpc) is 2.99. The highest BCUT2D eigenvalue weighted by Gasteiger charge is 2.47. The van der Waals surface area contributed by atoms with Gasteiger partial charge in [0.15, 0.2) is 9.84 Å². The first-order chi connectivity index (χ1) is 12.6. The van der Waals surface area contributed by atoms with Crippen molar-refractivity contribution in [2.24, 2.45) is 0 Å². The van der Waals surface area contributed by atoms with Crippen LogP contribution >= 0.6 is 0 Å². The van der Waals surface area contributed by atoms with Crippen molar-refractivity contribution in [3.05, 3.63) is 48.0 Å². The zero-order valence-electron chi connectivity index (χ0n) is 14.8. The number of piperazine rings is 1. The Balaban J connectivity index is 1.57. The predicted molar refractivity (Wildman–Crippen MR) is 99.6 cm³/mol. The van der Waals surface area contributed by atoms with E-state index >= 15 is 0 Å². The first-order valence-corrected chi connectivity index (χ1v) is 10.8. The van der Waals surface area contributed by atoms with Gasteiger partial charge < -0.3 is 4.90 Å². The smallest absolute Gasteiger partial charge is 0.225 e. The Hall–Kier alpha value is -2.06. The van der Waals surface area contributed by atoms with Gasteiger partial charge in [-0.05, 0) is 24.1 Å². The van der Waals surface area contributed by atoms with E-state index < -0.39 is 9.84 Å². The largest absolute Gasteiger partial charge is 0.334 e. The van der Waals surface area contributed by atoms with E-state index in [2.05, 4.69) is 37.7 Å². The SMILES string of the molecule is CCc1ccc(CN2CCN(c3ncccn3)[C@@H]3CS(=O)(=O)C[C@@H]32)nc1. The molecule has 4 rings (SSSR count). The summed E-state index contributed by atoms with van der Waals surface area (Å²) >= 11 is 0. The summed E-state index contributed by atoms with van der Waals surface area (Å²) in [5.41, 5.74) is 2.19. The second kappa shape index (κ2) is 6.92. The maximum absolute atomic E-state index is 12.3. The molecule has 0 unspecified atom stereocenters. The van der Waals surface area contributed by atoms with Gasteiger partial charge in [0.25, 0.3) is 0 Å². The van der Waals surface area contributed by atoms with Crippen LogP contribution in [0.2, 0.25) is 0 Å². The van der Waals surface area contributed by atoms with Crippen molar-refractivity contribution in [1.29, 1.82) is 0 Å². The number of fused-ring (bicyclic) bond motifs is 1. The molecule has 0 spiro atoms. The number of nitrogens with zero attached hydrogens (tertiary/aromatic N) is 5. The van der Waals surface area contributed by atoms with Crippen molar-refractivity contribution in [3.8, 4) is 0 Å². The molecule has 0 aliphatic carbocycles. The maximum Gasteiger partial charge on any atom is 0.225 e. The quantitative estimate of drug-likeness (QED) is 0.788. The number of hydrogen-bond donors (Lipinski definition) is 0. The topological polar surface area (TPSA) is 79.3 Å². The first kappa shape index (κ1) is 17.4. The molecule has 2 aliphatic rings. The van der Waals surface area contributed by atoms with Crippen LogP contribution in [0.1, 0.15) is 18.2 Å². The number of aromatic nitrogens is 3. The Morgan fingerprint density at radius 1 is 1.08 bits per heavy atom. The fourth-order valence-electron chi connectivity index (χ4n) is 3.87. The molecular weight excluding hydrogens is 350 g/mol. The van der Waals surface area contributed by atoms with Crippen molar-refractivity contribution in [2.75, 3.05) is 29.5 Å². The summed E-state index contributed by atoms with van der Waals surface area (Å²) in [6, 6.07) is 5.76. The Labute approximate surface area is 154 Å². The highest BCUT2D eigenvalue weighted by molar-refractivity contribution is 7.91. The average molecular weight is 373 g/mol. The van der Waals surface area contributed by atoms with E-state index in [1.807, 2.05) is 12.3 Å². The number of anilines is 1. The third-order valence-electron chi connectivity index (χ3n) is 5.26. The second-order valence-corrected chi connectivity index (χ2v) is 9.09. The molecule has 26 heavy (non-hydrogen) atoms. The maximum atomic E-state index is 12.3. The second-order valence-electron chi connectivity index (χ2n) is 6.94. The highest BCUT2D eigenvalue weighted by Crippen LogP contribution is 2.29. The summed E-state index contributed by atoms with van der Waals surface area (Å²) in [6.07, 6.45) is 6.27. The van der Waals surface area contributed by atoms with Crippen LogP contribution in [0.15, 0.2) is 36.8 Å². The van der Waals surface area contributed by atoms with Crippen LogP contribution in [-0.4, -0.2) is 64.9 Å². The van der Waals surface area contributed by atoms with Crippen LogP contribution in [0, 0.1) is 0 Å². The van der Waals surface area contributed by atoms with Crippen LogP contribution < -0.4 is 4.90 Å². The summed E-state index contributed by atoms with van der Waals surface area (Å²) in [7, 11) is -3.06. The van der Waals surface area contributed by atoms with Gasteiger partial charge in [-0.25, -0.2) is 18.4 Å². The number of sulfone groups is 1. The Bertz CT molecular complexity index is 857. The van der Waals surface area contributed by atoms with E-state index in [0.717, 1.165) is 18.7 Å². The number of pyridine rings is 1. The highest BCUT2D eigenvalue weighted by atomic mass is 32.2. The minimum absolute atomic E-state index is 0.0507. The number of aryl methyl sites for hydroxylation is 1. The van der Waals surface area contributed by atoms with E-state index in [9.17, 15) is 8.42 Å². The number of rotatable bonds is 4. The molecule has 138 valence electrons. The molecule has 0 amide bonds. The molecule has 8 heteroatoms. The van der Waals surface area contributed by atoms with E-state index in [4.69, 9.17) is 0 Å². The standard InChI is InChI=1S/C18H23N5O2S/c1-2-14-4-5-15(21-10-14)11-22-8-9-23(18-19-6-3-7-20-18)17-13-26(24,25)12-16(17)22/h3-7,10,16-17H,2,8-9,11-13H2,1H3/t16-,17+/m0/s1. The fraction of sp³-hybridized carbons (Fsp3) is 0.500. The molecule has 2 saturated heterocycles. The minimum Gasteiger partial charge on any atom is -0.334 e. The lowest BCUT2D eigenvalue weighted by atomic mass is 10.0. The van der Waals surface area contributed by atoms with Gasteiger partial charge in [0.1, 0.15) is 0 Å².